The summed E-state index contributed by atoms with van der Waals surface area (Å²) in [5.41, 5.74) is 1.32. The Morgan fingerprint density at radius 1 is 1.24 bits per heavy atom. The number of nitrogens with one attached hydrogen (secondary N) is 1. The monoisotopic (exact) mass is 293 g/mol. The second-order valence-corrected chi connectivity index (χ2v) is 5.02. The van der Waals surface area contributed by atoms with E-state index in [0.29, 0.717) is 6.04 Å². The maximum Gasteiger partial charge on any atom is 0.105 e. The number of likely N-dealkylation sites (N-methyl/N-ethyl adjacent to an activating group) is 1. The minimum Gasteiger partial charge on any atom is -0.469 e. The molecule has 1 aromatic heterocycles. The first-order valence-corrected chi connectivity index (χ1v) is 6.51. The van der Waals surface area contributed by atoms with Crippen LogP contribution in [-0.4, -0.2) is 13.1 Å². The first kappa shape index (κ1) is 12.4. The van der Waals surface area contributed by atoms with Crippen LogP contribution in [0.2, 0.25) is 0 Å². The largest absolute Gasteiger partial charge is 0.469 e. The number of halogens is 1. The van der Waals surface area contributed by atoms with E-state index in [1.165, 1.54) is 5.56 Å². The highest BCUT2D eigenvalue weighted by Crippen LogP contribution is 2.14. The fourth-order valence-electron chi connectivity index (χ4n) is 1.90. The van der Waals surface area contributed by atoms with E-state index < -0.39 is 0 Å². The quantitative estimate of drug-likeness (QED) is 0.914. The normalized spacial score (nSPS) is 12.6. The van der Waals surface area contributed by atoms with E-state index >= 15 is 0 Å². The number of hydrogen-bond acceptors (Lipinski definition) is 2. The Hall–Kier alpha value is -1.06. The van der Waals surface area contributed by atoms with E-state index in [2.05, 4.69) is 39.4 Å². The van der Waals surface area contributed by atoms with Crippen molar-refractivity contribution in [3.05, 3.63) is 58.5 Å². The molecule has 0 radical (unpaired) electrons. The molecule has 0 aliphatic rings. The topological polar surface area (TPSA) is 25.2 Å². The van der Waals surface area contributed by atoms with E-state index in [0.717, 1.165) is 23.1 Å². The van der Waals surface area contributed by atoms with Crippen LogP contribution in [0.15, 0.2) is 51.6 Å². The molecule has 2 aromatic rings. The lowest BCUT2D eigenvalue weighted by Gasteiger charge is -2.15. The van der Waals surface area contributed by atoms with Gasteiger partial charge in [-0.15, -0.1) is 0 Å². The molecule has 0 fully saturated rings. The maximum absolute atomic E-state index is 5.38. The molecule has 1 aromatic carbocycles. The molecule has 1 heterocycles. The van der Waals surface area contributed by atoms with Gasteiger partial charge < -0.3 is 9.73 Å². The summed E-state index contributed by atoms with van der Waals surface area (Å²) < 4.78 is 6.51. The molecule has 3 heteroatoms. The molecule has 2 rings (SSSR count). The average molecular weight is 294 g/mol. The number of rotatable bonds is 5. The Bertz CT molecular complexity index is 453. The van der Waals surface area contributed by atoms with Gasteiger partial charge in [0.05, 0.1) is 6.26 Å². The first-order valence-electron chi connectivity index (χ1n) is 5.72. The van der Waals surface area contributed by atoms with Crippen molar-refractivity contribution >= 4 is 15.9 Å². The van der Waals surface area contributed by atoms with Crippen LogP contribution >= 0.6 is 15.9 Å². The van der Waals surface area contributed by atoms with Crippen LogP contribution in [-0.2, 0) is 12.8 Å². The van der Waals surface area contributed by atoms with Crippen LogP contribution in [0.1, 0.15) is 11.3 Å². The Labute approximate surface area is 110 Å². The van der Waals surface area contributed by atoms with Gasteiger partial charge in [0, 0.05) is 16.9 Å². The number of furan rings is 1. The summed E-state index contributed by atoms with van der Waals surface area (Å²) in [6, 6.07) is 12.8. The van der Waals surface area contributed by atoms with Crippen molar-refractivity contribution in [1.29, 1.82) is 0 Å². The van der Waals surface area contributed by atoms with Gasteiger partial charge in [-0.25, -0.2) is 0 Å². The minimum absolute atomic E-state index is 0.399. The molecule has 0 saturated heterocycles. The summed E-state index contributed by atoms with van der Waals surface area (Å²) >= 11 is 3.50. The number of benzene rings is 1. The van der Waals surface area contributed by atoms with Gasteiger partial charge in [0.25, 0.3) is 0 Å². The zero-order valence-electron chi connectivity index (χ0n) is 9.82. The highest BCUT2D eigenvalue weighted by Gasteiger charge is 2.10. The standard InChI is InChI=1S/C14H16BrNO/c1-16-13(10-14-6-3-7-17-14)9-11-4-2-5-12(15)8-11/h2-8,13,16H,9-10H2,1H3. The van der Waals surface area contributed by atoms with Crippen molar-refractivity contribution in [1.82, 2.24) is 5.32 Å². The van der Waals surface area contributed by atoms with E-state index in [9.17, 15) is 0 Å². The highest BCUT2D eigenvalue weighted by molar-refractivity contribution is 9.10. The lowest BCUT2D eigenvalue weighted by molar-refractivity contribution is 0.456. The molecule has 0 saturated carbocycles. The smallest absolute Gasteiger partial charge is 0.105 e. The highest BCUT2D eigenvalue weighted by atomic mass is 79.9. The molecule has 0 aliphatic heterocycles. The van der Waals surface area contributed by atoms with Gasteiger partial charge in [-0.2, -0.15) is 0 Å². The summed E-state index contributed by atoms with van der Waals surface area (Å²) in [6.45, 7) is 0. The SMILES string of the molecule is CNC(Cc1cccc(Br)c1)Cc1ccco1. The second kappa shape index (κ2) is 6.03. The summed E-state index contributed by atoms with van der Waals surface area (Å²) in [6.07, 6.45) is 3.63. The molecular formula is C14H16BrNO. The van der Waals surface area contributed by atoms with Gasteiger partial charge in [0.2, 0.25) is 0 Å². The van der Waals surface area contributed by atoms with Gasteiger partial charge in [-0.05, 0) is 43.3 Å². The predicted molar refractivity (Wildman–Crippen MR) is 73.1 cm³/mol. The van der Waals surface area contributed by atoms with E-state index in [1.807, 2.05) is 25.2 Å². The van der Waals surface area contributed by atoms with Crippen LogP contribution in [0, 0.1) is 0 Å². The van der Waals surface area contributed by atoms with Crippen molar-refractivity contribution in [2.75, 3.05) is 7.05 Å². The van der Waals surface area contributed by atoms with Gasteiger partial charge in [-0.3, -0.25) is 0 Å². The molecule has 0 aliphatic carbocycles. The molecule has 1 unspecified atom stereocenters. The second-order valence-electron chi connectivity index (χ2n) is 4.10. The molecule has 0 amide bonds. The Kier molecular flexibility index (Phi) is 4.40. The van der Waals surface area contributed by atoms with Crippen LogP contribution < -0.4 is 5.32 Å². The van der Waals surface area contributed by atoms with Crippen molar-refractivity contribution in [3.63, 3.8) is 0 Å². The van der Waals surface area contributed by atoms with E-state index in [4.69, 9.17) is 4.42 Å². The lowest BCUT2D eigenvalue weighted by atomic mass is 10.0. The van der Waals surface area contributed by atoms with Crippen molar-refractivity contribution in [3.8, 4) is 0 Å². The van der Waals surface area contributed by atoms with Gasteiger partial charge in [0.1, 0.15) is 5.76 Å². The third kappa shape index (κ3) is 3.72. The zero-order chi connectivity index (χ0) is 12.1. The minimum atomic E-state index is 0.399. The van der Waals surface area contributed by atoms with Crippen molar-refractivity contribution in [2.24, 2.45) is 0 Å². The summed E-state index contributed by atoms with van der Waals surface area (Å²) in [4.78, 5) is 0. The number of hydrogen-bond donors (Lipinski definition) is 1. The van der Waals surface area contributed by atoms with Crippen LogP contribution in [0.3, 0.4) is 0 Å². The van der Waals surface area contributed by atoms with Crippen LogP contribution in [0.4, 0.5) is 0 Å². The maximum atomic E-state index is 5.38. The average Bonchev–Trinajstić information content (AvgIpc) is 2.81. The van der Waals surface area contributed by atoms with Crippen LogP contribution in [0.25, 0.3) is 0 Å². The summed E-state index contributed by atoms with van der Waals surface area (Å²) in [7, 11) is 1.99. The van der Waals surface area contributed by atoms with E-state index in [-0.39, 0.29) is 0 Å². The van der Waals surface area contributed by atoms with Gasteiger partial charge in [-0.1, -0.05) is 28.1 Å². The van der Waals surface area contributed by atoms with E-state index in [1.54, 1.807) is 6.26 Å². The molecule has 0 spiro atoms. The predicted octanol–water partition coefficient (Wildman–Crippen LogP) is 3.42. The Morgan fingerprint density at radius 3 is 2.76 bits per heavy atom. The lowest BCUT2D eigenvalue weighted by Crippen LogP contribution is -2.29. The zero-order valence-corrected chi connectivity index (χ0v) is 11.4. The first-order chi connectivity index (χ1) is 8.28. The molecule has 1 atom stereocenters. The van der Waals surface area contributed by atoms with Crippen molar-refractivity contribution in [2.45, 2.75) is 18.9 Å². The van der Waals surface area contributed by atoms with Crippen LogP contribution in [0.5, 0.6) is 0 Å². The fourth-order valence-corrected chi connectivity index (χ4v) is 2.34. The molecule has 0 bridgehead atoms. The third-order valence-electron chi connectivity index (χ3n) is 2.81. The fraction of sp³-hybridized carbons (Fsp3) is 0.286. The molecular weight excluding hydrogens is 278 g/mol. The van der Waals surface area contributed by atoms with Gasteiger partial charge in [0.15, 0.2) is 0 Å². The molecule has 17 heavy (non-hydrogen) atoms. The summed E-state index contributed by atoms with van der Waals surface area (Å²) in [5.74, 6) is 1.03. The molecule has 2 nitrogen and oxygen atoms in total. The van der Waals surface area contributed by atoms with Crippen molar-refractivity contribution < 1.29 is 4.42 Å². The molecule has 90 valence electrons. The van der Waals surface area contributed by atoms with Gasteiger partial charge >= 0.3 is 0 Å². The Morgan fingerprint density at radius 2 is 2.12 bits per heavy atom. The third-order valence-corrected chi connectivity index (χ3v) is 3.30. The summed E-state index contributed by atoms with van der Waals surface area (Å²) in [5, 5.41) is 3.33. The Balaban J connectivity index is 2.00. The molecule has 1 N–H and O–H groups in total.